The second-order valence-electron chi connectivity index (χ2n) is 8.18. The topological polar surface area (TPSA) is 74.2 Å². The number of piperazine rings is 1. The van der Waals surface area contributed by atoms with Crippen LogP contribution in [0.1, 0.15) is 48.4 Å². The predicted octanol–water partition coefficient (Wildman–Crippen LogP) is 4.02. The number of nitrogens with one attached hydrogen (secondary N) is 1. The fourth-order valence-corrected chi connectivity index (χ4v) is 4.28. The van der Waals surface area contributed by atoms with Crippen LogP contribution in [-0.4, -0.2) is 60.9 Å². The number of guanidine groups is 1. The zero-order valence-electron chi connectivity index (χ0n) is 18.0. The van der Waals surface area contributed by atoms with Crippen LogP contribution in [0.4, 0.5) is 0 Å². The summed E-state index contributed by atoms with van der Waals surface area (Å²) in [6.45, 7) is 4.54. The quantitative estimate of drug-likeness (QED) is 0.341. The van der Waals surface area contributed by atoms with E-state index < -0.39 is 0 Å². The number of halogens is 1. The molecular formula is C23H33IN4O3. The highest BCUT2D eigenvalue weighted by Gasteiger charge is 2.25. The van der Waals surface area contributed by atoms with E-state index in [1.807, 2.05) is 17.0 Å². The molecule has 2 aromatic heterocycles. The van der Waals surface area contributed by atoms with Gasteiger partial charge in [0, 0.05) is 45.7 Å². The molecule has 1 aliphatic heterocycles. The van der Waals surface area contributed by atoms with Gasteiger partial charge in [-0.1, -0.05) is 19.3 Å². The predicted molar refractivity (Wildman–Crippen MR) is 131 cm³/mol. The molecular weight excluding hydrogens is 507 g/mol. The van der Waals surface area contributed by atoms with Gasteiger partial charge in [0.25, 0.3) is 5.91 Å². The molecule has 1 saturated heterocycles. The maximum Gasteiger partial charge on any atom is 0.289 e. The van der Waals surface area contributed by atoms with Crippen LogP contribution in [0.2, 0.25) is 0 Å². The molecule has 8 heteroatoms. The molecule has 0 unspecified atom stereocenters. The van der Waals surface area contributed by atoms with Crippen molar-refractivity contribution in [2.45, 2.75) is 38.5 Å². The van der Waals surface area contributed by atoms with E-state index >= 15 is 0 Å². The van der Waals surface area contributed by atoms with Crippen LogP contribution in [0.15, 0.2) is 50.6 Å². The van der Waals surface area contributed by atoms with E-state index in [0.29, 0.717) is 24.8 Å². The lowest BCUT2D eigenvalue weighted by Gasteiger charge is -2.36. The fraction of sp³-hybridized carbons (Fsp3) is 0.565. The number of furan rings is 2. The van der Waals surface area contributed by atoms with E-state index in [0.717, 1.165) is 44.3 Å². The minimum atomic E-state index is -0.0360. The van der Waals surface area contributed by atoms with Gasteiger partial charge in [-0.15, -0.1) is 24.0 Å². The molecule has 0 spiro atoms. The summed E-state index contributed by atoms with van der Waals surface area (Å²) in [4.78, 5) is 21.7. The number of amides is 1. The minimum Gasteiger partial charge on any atom is -0.469 e. The molecule has 0 radical (unpaired) electrons. The number of rotatable bonds is 6. The Hall–Kier alpha value is -1.97. The SMILES string of the molecule is I.O=C(c1ccco1)N1CCN(C(=NCC2CCCCC2)NCCc2ccco2)CC1. The summed E-state index contributed by atoms with van der Waals surface area (Å²) in [6, 6.07) is 7.40. The van der Waals surface area contributed by atoms with Crippen LogP contribution in [-0.2, 0) is 6.42 Å². The molecule has 2 aromatic rings. The van der Waals surface area contributed by atoms with Gasteiger partial charge in [0.15, 0.2) is 11.7 Å². The Labute approximate surface area is 201 Å². The molecule has 170 valence electrons. The monoisotopic (exact) mass is 540 g/mol. The van der Waals surface area contributed by atoms with Crippen molar-refractivity contribution in [3.63, 3.8) is 0 Å². The molecule has 1 N–H and O–H groups in total. The van der Waals surface area contributed by atoms with Crippen LogP contribution in [0.5, 0.6) is 0 Å². The fourth-order valence-electron chi connectivity index (χ4n) is 4.28. The maximum atomic E-state index is 12.5. The van der Waals surface area contributed by atoms with Crippen molar-refractivity contribution < 1.29 is 13.6 Å². The lowest BCUT2D eigenvalue weighted by Crippen LogP contribution is -2.54. The first-order valence-electron chi connectivity index (χ1n) is 11.2. The van der Waals surface area contributed by atoms with Crippen LogP contribution in [0, 0.1) is 5.92 Å². The number of aliphatic imine (C=N–C) groups is 1. The van der Waals surface area contributed by atoms with Gasteiger partial charge < -0.3 is 24.0 Å². The van der Waals surface area contributed by atoms with Gasteiger partial charge in [0.1, 0.15) is 5.76 Å². The normalized spacial score (nSPS) is 18.0. The zero-order valence-corrected chi connectivity index (χ0v) is 20.3. The van der Waals surface area contributed by atoms with Crippen molar-refractivity contribution in [1.29, 1.82) is 0 Å². The van der Waals surface area contributed by atoms with E-state index in [1.54, 1.807) is 24.7 Å². The molecule has 1 amide bonds. The van der Waals surface area contributed by atoms with Gasteiger partial charge >= 0.3 is 0 Å². The highest BCUT2D eigenvalue weighted by atomic mass is 127. The second kappa shape index (κ2) is 12.2. The maximum absolute atomic E-state index is 12.5. The number of nitrogens with zero attached hydrogens (tertiary/aromatic N) is 3. The van der Waals surface area contributed by atoms with Crippen LogP contribution >= 0.6 is 24.0 Å². The van der Waals surface area contributed by atoms with Crippen LogP contribution < -0.4 is 5.32 Å². The van der Waals surface area contributed by atoms with E-state index in [2.05, 4.69) is 10.2 Å². The third-order valence-corrected chi connectivity index (χ3v) is 6.06. The van der Waals surface area contributed by atoms with Gasteiger partial charge in [-0.25, -0.2) is 0 Å². The van der Waals surface area contributed by atoms with Crippen molar-refractivity contribution in [2.24, 2.45) is 10.9 Å². The lowest BCUT2D eigenvalue weighted by molar-refractivity contribution is 0.0657. The van der Waals surface area contributed by atoms with Crippen molar-refractivity contribution in [3.05, 3.63) is 48.3 Å². The average molecular weight is 540 g/mol. The zero-order chi connectivity index (χ0) is 20.6. The molecule has 4 rings (SSSR count). The first-order valence-corrected chi connectivity index (χ1v) is 11.2. The van der Waals surface area contributed by atoms with Gasteiger partial charge in [-0.3, -0.25) is 9.79 Å². The smallest absolute Gasteiger partial charge is 0.289 e. The van der Waals surface area contributed by atoms with Gasteiger partial charge in [0.2, 0.25) is 0 Å². The molecule has 7 nitrogen and oxygen atoms in total. The van der Waals surface area contributed by atoms with Gasteiger partial charge in [0.05, 0.1) is 12.5 Å². The number of carbonyl (C=O) groups excluding carboxylic acids is 1. The summed E-state index contributed by atoms with van der Waals surface area (Å²) in [5.74, 6) is 3.00. The number of hydrogen-bond acceptors (Lipinski definition) is 4. The van der Waals surface area contributed by atoms with Crippen molar-refractivity contribution in [1.82, 2.24) is 15.1 Å². The molecule has 0 aromatic carbocycles. The number of carbonyl (C=O) groups is 1. The molecule has 1 aliphatic carbocycles. The average Bonchev–Trinajstić information content (AvgIpc) is 3.51. The first-order chi connectivity index (χ1) is 14.8. The molecule has 0 atom stereocenters. The van der Waals surface area contributed by atoms with Crippen molar-refractivity contribution in [3.8, 4) is 0 Å². The minimum absolute atomic E-state index is 0. The summed E-state index contributed by atoms with van der Waals surface area (Å²) in [5.41, 5.74) is 0. The third kappa shape index (κ3) is 6.75. The molecule has 3 heterocycles. The van der Waals surface area contributed by atoms with Crippen molar-refractivity contribution in [2.75, 3.05) is 39.3 Å². The second-order valence-corrected chi connectivity index (χ2v) is 8.18. The Kier molecular flexibility index (Phi) is 9.30. The Bertz CT molecular complexity index is 793. The van der Waals surface area contributed by atoms with E-state index in [9.17, 15) is 4.79 Å². The largest absolute Gasteiger partial charge is 0.469 e. The summed E-state index contributed by atoms with van der Waals surface area (Å²) in [5, 5.41) is 3.53. The Balaban J connectivity index is 0.00000272. The summed E-state index contributed by atoms with van der Waals surface area (Å²) in [6.07, 6.45) is 10.7. The lowest BCUT2D eigenvalue weighted by atomic mass is 9.89. The van der Waals surface area contributed by atoms with Crippen LogP contribution in [0.25, 0.3) is 0 Å². The molecule has 31 heavy (non-hydrogen) atoms. The summed E-state index contributed by atoms with van der Waals surface area (Å²) in [7, 11) is 0. The molecule has 2 aliphatic rings. The van der Waals surface area contributed by atoms with Crippen LogP contribution in [0.3, 0.4) is 0 Å². The van der Waals surface area contributed by atoms with Gasteiger partial charge in [-0.2, -0.15) is 0 Å². The Morgan fingerprint density at radius 3 is 2.39 bits per heavy atom. The molecule has 2 fully saturated rings. The Morgan fingerprint density at radius 2 is 1.71 bits per heavy atom. The first kappa shape index (κ1) is 23.7. The van der Waals surface area contributed by atoms with E-state index in [1.165, 1.54) is 32.1 Å². The highest BCUT2D eigenvalue weighted by molar-refractivity contribution is 14.0. The molecule has 0 bridgehead atoms. The standard InChI is InChI=1S/C23H32N4O3.HI/c28-22(21-9-5-17-30-21)26-12-14-27(15-13-26)23(24-11-10-20-8-4-16-29-20)25-18-19-6-2-1-3-7-19;/h4-5,8-9,16-17,19H,1-3,6-7,10-15,18H2,(H,24,25);1H. The van der Waals surface area contributed by atoms with E-state index in [4.69, 9.17) is 13.8 Å². The molecule has 1 saturated carbocycles. The Morgan fingerprint density at radius 1 is 1.00 bits per heavy atom. The number of hydrogen-bond donors (Lipinski definition) is 1. The summed E-state index contributed by atoms with van der Waals surface area (Å²) < 4.78 is 10.7. The van der Waals surface area contributed by atoms with E-state index in [-0.39, 0.29) is 29.9 Å². The summed E-state index contributed by atoms with van der Waals surface area (Å²) >= 11 is 0. The van der Waals surface area contributed by atoms with Crippen molar-refractivity contribution >= 4 is 35.8 Å². The third-order valence-electron chi connectivity index (χ3n) is 6.06. The van der Waals surface area contributed by atoms with Gasteiger partial charge in [-0.05, 0) is 43.0 Å². The highest BCUT2D eigenvalue weighted by Crippen LogP contribution is 2.23.